The summed E-state index contributed by atoms with van der Waals surface area (Å²) in [5, 5.41) is 16.5. The average molecular weight is 509 g/mol. The van der Waals surface area contributed by atoms with Crippen LogP contribution in [0.25, 0.3) is 5.76 Å². The van der Waals surface area contributed by atoms with E-state index >= 15 is 0 Å². The standard InChI is InChI=1S/C26H24N2O7S/c1-15-14-19(35-3)10-13-21(15)24(29)22-23(16-4-8-18(34-2)9-5-16)28(26(31)25(22)30)17-6-11-20(12-7-17)36(27,32)33/h4-14,23,29H,1-3H3,(H2,27,32,33)/b24-22-. The third-order valence-electron chi connectivity index (χ3n) is 6.01. The molecular formula is C26H24N2O7S. The lowest BCUT2D eigenvalue weighted by molar-refractivity contribution is -0.132. The number of benzene rings is 3. The number of nitrogens with zero attached hydrogens (tertiary/aromatic N) is 1. The predicted molar refractivity (Wildman–Crippen MR) is 133 cm³/mol. The van der Waals surface area contributed by atoms with E-state index in [2.05, 4.69) is 0 Å². The van der Waals surface area contributed by atoms with Crippen LogP contribution in [0.1, 0.15) is 22.7 Å². The number of ketones is 1. The molecule has 0 bridgehead atoms. The molecule has 3 aromatic rings. The summed E-state index contributed by atoms with van der Waals surface area (Å²) in [6, 6.07) is 16.0. The van der Waals surface area contributed by atoms with E-state index in [1.54, 1.807) is 49.4 Å². The number of aliphatic hydroxyl groups is 1. The molecule has 0 aromatic heterocycles. The maximum atomic E-state index is 13.3. The van der Waals surface area contributed by atoms with Gasteiger partial charge in [-0.05, 0) is 72.6 Å². The summed E-state index contributed by atoms with van der Waals surface area (Å²) in [6.45, 7) is 1.75. The SMILES string of the molecule is COc1ccc(C2/C(=C(/O)c3ccc(OC)cc3C)C(=O)C(=O)N2c2ccc(S(N)(=O)=O)cc2)cc1. The summed E-state index contributed by atoms with van der Waals surface area (Å²) < 4.78 is 33.8. The number of primary sulfonamides is 1. The molecule has 1 fully saturated rings. The van der Waals surface area contributed by atoms with Crippen molar-refractivity contribution in [2.45, 2.75) is 17.9 Å². The van der Waals surface area contributed by atoms with Gasteiger partial charge in [-0.2, -0.15) is 0 Å². The number of hydrogen-bond acceptors (Lipinski definition) is 7. The van der Waals surface area contributed by atoms with Gasteiger partial charge in [0.1, 0.15) is 17.3 Å². The Kier molecular flexibility index (Phi) is 6.57. The fraction of sp³-hybridized carbons (Fsp3) is 0.154. The Hall–Kier alpha value is -4.15. The Morgan fingerprint density at radius 1 is 0.917 bits per heavy atom. The molecule has 1 aliphatic heterocycles. The van der Waals surface area contributed by atoms with E-state index in [9.17, 15) is 23.1 Å². The molecule has 1 heterocycles. The van der Waals surface area contributed by atoms with Gasteiger partial charge in [0, 0.05) is 11.3 Å². The number of sulfonamides is 1. The Morgan fingerprint density at radius 2 is 1.50 bits per heavy atom. The highest BCUT2D eigenvalue weighted by molar-refractivity contribution is 7.89. The number of methoxy groups -OCH3 is 2. The molecule has 1 aliphatic rings. The fourth-order valence-corrected chi connectivity index (χ4v) is 4.69. The lowest BCUT2D eigenvalue weighted by Gasteiger charge is -2.26. The van der Waals surface area contributed by atoms with Crippen LogP contribution in [0.2, 0.25) is 0 Å². The Bertz CT molecular complexity index is 1480. The van der Waals surface area contributed by atoms with E-state index in [0.29, 0.717) is 28.2 Å². The van der Waals surface area contributed by atoms with Crippen molar-refractivity contribution in [3.8, 4) is 11.5 Å². The van der Waals surface area contributed by atoms with E-state index in [1.807, 2.05) is 0 Å². The predicted octanol–water partition coefficient (Wildman–Crippen LogP) is 3.29. The quantitative estimate of drug-likeness (QED) is 0.296. The first-order valence-corrected chi connectivity index (χ1v) is 12.3. The number of anilines is 1. The van der Waals surface area contributed by atoms with Crippen LogP contribution < -0.4 is 19.5 Å². The maximum Gasteiger partial charge on any atom is 0.300 e. The molecule has 1 saturated heterocycles. The minimum absolute atomic E-state index is 0.103. The summed E-state index contributed by atoms with van der Waals surface area (Å²) in [4.78, 5) is 27.6. The van der Waals surface area contributed by atoms with Crippen molar-refractivity contribution in [2.75, 3.05) is 19.1 Å². The first kappa shape index (κ1) is 25.0. The second-order valence-corrected chi connectivity index (χ2v) is 9.72. The van der Waals surface area contributed by atoms with Gasteiger partial charge in [0.15, 0.2) is 0 Å². The van der Waals surface area contributed by atoms with Crippen LogP contribution in [0.3, 0.4) is 0 Å². The number of ether oxygens (including phenoxy) is 2. The van der Waals surface area contributed by atoms with Gasteiger partial charge >= 0.3 is 0 Å². The van der Waals surface area contributed by atoms with Crippen LogP contribution in [-0.2, 0) is 19.6 Å². The smallest absolute Gasteiger partial charge is 0.300 e. The monoisotopic (exact) mass is 508 g/mol. The fourth-order valence-electron chi connectivity index (χ4n) is 4.17. The van der Waals surface area contributed by atoms with Gasteiger partial charge in [0.05, 0.1) is 30.7 Å². The van der Waals surface area contributed by atoms with E-state index in [1.165, 1.54) is 43.4 Å². The number of aliphatic hydroxyl groups excluding tert-OH is 1. The second-order valence-electron chi connectivity index (χ2n) is 8.16. The van der Waals surface area contributed by atoms with E-state index < -0.39 is 27.8 Å². The zero-order valence-electron chi connectivity index (χ0n) is 19.8. The molecule has 36 heavy (non-hydrogen) atoms. The van der Waals surface area contributed by atoms with Crippen LogP contribution in [0.4, 0.5) is 5.69 Å². The number of aryl methyl sites for hydroxylation is 1. The number of carbonyl (C=O) groups is 2. The molecule has 10 heteroatoms. The molecule has 0 aliphatic carbocycles. The summed E-state index contributed by atoms with van der Waals surface area (Å²) in [5.41, 5.74) is 1.71. The van der Waals surface area contributed by atoms with E-state index in [4.69, 9.17) is 14.6 Å². The summed E-state index contributed by atoms with van der Waals surface area (Å²) in [5.74, 6) is -0.936. The number of amides is 1. The molecule has 1 amide bonds. The number of Topliss-reactive ketones (excluding diaryl/α,β-unsaturated/α-hetero) is 1. The van der Waals surface area contributed by atoms with Gasteiger partial charge in [-0.25, -0.2) is 13.6 Å². The van der Waals surface area contributed by atoms with Crippen LogP contribution in [0.5, 0.6) is 11.5 Å². The van der Waals surface area contributed by atoms with Crippen molar-refractivity contribution in [1.82, 2.24) is 0 Å². The lowest BCUT2D eigenvalue weighted by atomic mass is 9.93. The highest BCUT2D eigenvalue weighted by Crippen LogP contribution is 2.43. The number of carbonyl (C=O) groups excluding carboxylic acids is 2. The van der Waals surface area contributed by atoms with Crippen LogP contribution in [-0.4, -0.2) is 39.4 Å². The lowest BCUT2D eigenvalue weighted by Crippen LogP contribution is -2.29. The average Bonchev–Trinajstić information content (AvgIpc) is 3.13. The molecule has 0 saturated carbocycles. The molecule has 0 spiro atoms. The van der Waals surface area contributed by atoms with Crippen molar-refractivity contribution in [3.05, 3.63) is 89.0 Å². The van der Waals surface area contributed by atoms with Crippen molar-refractivity contribution in [1.29, 1.82) is 0 Å². The van der Waals surface area contributed by atoms with Gasteiger partial charge < -0.3 is 14.6 Å². The molecule has 3 N–H and O–H groups in total. The highest BCUT2D eigenvalue weighted by Gasteiger charge is 2.47. The second kappa shape index (κ2) is 9.48. The van der Waals surface area contributed by atoms with Crippen LogP contribution >= 0.6 is 0 Å². The van der Waals surface area contributed by atoms with Crippen molar-refractivity contribution in [3.63, 3.8) is 0 Å². The van der Waals surface area contributed by atoms with Crippen LogP contribution in [0.15, 0.2) is 77.2 Å². The topological polar surface area (TPSA) is 136 Å². The molecule has 9 nitrogen and oxygen atoms in total. The maximum absolute atomic E-state index is 13.3. The minimum Gasteiger partial charge on any atom is -0.507 e. The van der Waals surface area contributed by atoms with Crippen molar-refractivity contribution >= 4 is 33.2 Å². The molecule has 1 unspecified atom stereocenters. The van der Waals surface area contributed by atoms with Crippen molar-refractivity contribution < 1.29 is 32.6 Å². The van der Waals surface area contributed by atoms with Gasteiger partial charge in [0.25, 0.3) is 11.7 Å². The zero-order chi connectivity index (χ0) is 26.2. The Morgan fingerprint density at radius 3 is 2.03 bits per heavy atom. The summed E-state index contributed by atoms with van der Waals surface area (Å²) in [6.07, 6.45) is 0. The number of hydrogen-bond donors (Lipinski definition) is 2. The summed E-state index contributed by atoms with van der Waals surface area (Å²) >= 11 is 0. The number of rotatable bonds is 6. The Labute approximate surface area is 208 Å². The largest absolute Gasteiger partial charge is 0.507 e. The van der Waals surface area contributed by atoms with E-state index in [0.717, 1.165) is 0 Å². The summed E-state index contributed by atoms with van der Waals surface area (Å²) in [7, 11) is -0.922. The van der Waals surface area contributed by atoms with E-state index in [-0.39, 0.29) is 21.9 Å². The number of nitrogens with two attached hydrogens (primary N) is 1. The molecule has 4 rings (SSSR count). The molecule has 1 atom stereocenters. The normalized spacial score (nSPS) is 17.3. The van der Waals surface area contributed by atoms with Gasteiger partial charge in [-0.3, -0.25) is 14.5 Å². The molecule has 186 valence electrons. The van der Waals surface area contributed by atoms with Gasteiger partial charge in [-0.1, -0.05) is 12.1 Å². The third-order valence-corrected chi connectivity index (χ3v) is 6.94. The molecule has 0 radical (unpaired) electrons. The minimum atomic E-state index is -3.96. The highest BCUT2D eigenvalue weighted by atomic mass is 32.2. The van der Waals surface area contributed by atoms with Crippen molar-refractivity contribution in [2.24, 2.45) is 5.14 Å². The zero-order valence-corrected chi connectivity index (χ0v) is 20.6. The van der Waals surface area contributed by atoms with Crippen LogP contribution in [0, 0.1) is 6.92 Å². The molecular weight excluding hydrogens is 484 g/mol. The first-order valence-electron chi connectivity index (χ1n) is 10.8. The molecule has 3 aromatic carbocycles. The Balaban J connectivity index is 1.92. The van der Waals surface area contributed by atoms with Gasteiger partial charge in [0.2, 0.25) is 10.0 Å². The third kappa shape index (κ3) is 4.43. The first-order chi connectivity index (χ1) is 17.1. The van der Waals surface area contributed by atoms with Gasteiger partial charge in [-0.15, -0.1) is 0 Å².